The van der Waals surface area contributed by atoms with Gasteiger partial charge in [-0.1, -0.05) is 37.3 Å². The monoisotopic (exact) mass is 328 g/mol. The van der Waals surface area contributed by atoms with E-state index >= 15 is 0 Å². The number of hydrogen-bond donors (Lipinski definition) is 1. The summed E-state index contributed by atoms with van der Waals surface area (Å²) in [6, 6.07) is 10.1. The van der Waals surface area contributed by atoms with Crippen LogP contribution in [0.15, 0.2) is 30.3 Å². The zero-order valence-electron chi connectivity index (χ0n) is 12.4. The van der Waals surface area contributed by atoms with Crippen LogP contribution in [0.3, 0.4) is 0 Å². The Bertz CT molecular complexity index is 534. The second kappa shape index (κ2) is 7.63. The van der Waals surface area contributed by atoms with Gasteiger partial charge in [-0.05, 0) is 12.0 Å². The Labute approximate surface area is 132 Å². The third-order valence-corrected chi connectivity index (χ3v) is 7.15. The first-order chi connectivity index (χ1) is 10.0. The van der Waals surface area contributed by atoms with E-state index in [1.807, 2.05) is 18.2 Å². The third-order valence-electron chi connectivity index (χ3n) is 3.82. The van der Waals surface area contributed by atoms with Gasteiger partial charge in [-0.15, -0.1) is 0 Å². The van der Waals surface area contributed by atoms with Crippen LogP contribution >= 0.6 is 11.8 Å². The molecule has 6 heteroatoms. The molecule has 118 valence electrons. The summed E-state index contributed by atoms with van der Waals surface area (Å²) in [6.45, 7) is 3.16. The molecule has 2 unspecified atom stereocenters. The summed E-state index contributed by atoms with van der Waals surface area (Å²) in [4.78, 5) is 2.06. The number of rotatable bonds is 6. The van der Waals surface area contributed by atoms with Gasteiger partial charge in [-0.25, -0.2) is 8.42 Å². The highest BCUT2D eigenvalue weighted by atomic mass is 32.2. The molecule has 1 saturated heterocycles. The van der Waals surface area contributed by atoms with Crippen molar-refractivity contribution in [3.05, 3.63) is 35.9 Å². The maximum atomic E-state index is 12.2. The van der Waals surface area contributed by atoms with Gasteiger partial charge in [0.25, 0.3) is 0 Å². The quantitative estimate of drug-likeness (QED) is 0.854. The van der Waals surface area contributed by atoms with Crippen molar-refractivity contribution in [3.8, 4) is 0 Å². The fraction of sp³-hybridized carbons (Fsp3) is 0.600. The van der Waals surface area contributed by atoms with Gasteiger partial charge < -0.3 is 5.73 Å². The van der Waals surface area contributed by atoms with Crippen molar-refractivity contribution in [1.82, 2.24) is 4.90 Å². The molecule has 0 amide bonds. The molecule has 1 aromatic carbocycles. The third kappa shape index (κ3) is 4.71. The Morgan fingerprint density at radius 1 is 1.38 bits per heavy atom. The largest absolute Gasteiger partial charge is 0.326 e. The first-order valence-electron chi connectivity index (χ1n) is 7.36. The van der Waals surface area contributed by atoms with Crippen LogP contribution in [-0.4, -0.2) is 55.1 Å². The van der Waals surface area contributed by atoms with E-state index in [0.717, 1.165) is 18.7 Å². The van der Waals surface area contributed by atoms with Crippen molar-refractivity contribution in [2.45, 2.75) is 24.8 Å². The zero-order valence-corrected chi connectivity index (χ0v) is 14.1. The molecule has 2 atom stereocenters. The van der Waals surface area contributed by atoms with E-state index in [4.69, 9.17) is 5.73 Å². The Kier molecular flexibility index (Phi) is 6.10. The highest BCUT2D eigenvalue weighted by molar-refractivity contribution is 8.01. The van der Waals surface area contributed by atoms with Crippen LogP contribution in [0.1, 0.15) is 12.5 Å². The summed E-state index contributed by atoms with van der Waals surface area (Å²) < 4.78 is 24.4. The molecule has 2 N–H and O–H groups in total. The van der Waals surface area contributed by atoms with E-state index < -0.39 is 9.84 Å². The Morgan fingerprint density at radius 2 is 2.10 bits per heavy atom. The lowest BCUT2D eigenvalue weighted by Gasteiger charge is -2.36. The molecular weight excluding hydrogens is 304 g/mol. The van der Waals surface area contributed by atoms with E-state index in [1.165, 1.54) is 5.56 Å². The van der Waals surface area contributed by atoms with Gasteiger partial charge in [-0.3, -0.25) is 4.90 Å². The number of nitrogens with two attached hydrogens (primary N) is 1. The van der Waals surface area contributed by atoms with Gasteiger partial charge in [0.1, 0.15) is 5.37 Å². The Hall–Kier alpha value is -0.560. The second-order valence-electron chi connectivity index (χ2n) is 5.43. The molecule has 1 heterocycles. The van der Waals surface area contributed by atoms with Crippen LogP contribution in [0.25, 0.3) is 0 Å². The van der Waals surface area contributed by atoms with Crippen LogP contribution < -0.4 is 5.73 Å². The summed E-state index contributed by atoms with van der Waals surface area (Å²) in [6.07, 6.45) is 0.781. The maximum Gasteiger partial charge on any atom is 0.166 e. The predicted molar refractivity (Wildman–Crippen MR) is 90.3 cm³/mol. The normalized spacial score (nSPS) is 22.1. The fourth-order valence-corrected chi connectivity index (χ4v) is 5.72. The van der Waals surface area contributed by atoms with Crippen molar-refractivity contribution >= 4 is 21.6 Å². The zero-order chi connectivity index (χ0) is 15.3. The number of benzene rings is 1. The second-order valence-corrected chi connectivity index (χ2v) is 9.02. The summed E-state index contributed by atoms with van der Waals surface area (Å²) in [5.41, 5.74) is 7.44. The lowest BCUT2D eigenvalue weighted by Crippen LogP contribution is -2.52. The van der Waals surface area contributed by atoms with Gasteiger partial charge in [0, 0.05) is 36.4 Å². The molecule has 0 radical (unpaired) electrons. The first-order valence-corrected chi connectivity index (χ1v) is 10.2. The molecule has 1 aromatic rings. The van der Waals surface area contributed by atoms with Crippen LogP contribution in [0.2, 0.25) is 0 Å². The molecule has 0 saturated carbocycles. The van der Waals surface area contributed by atoms with Gasteiger partial charge in [0.05, 0.1) is 0 Å². The molecule has 0 bridgehead atoms. The van der Waals surface area contributed by atoms with E-state index in [9.17, 15) is 8.42 Å². The van der Waals surface area contributed by atoms with Crippen LogP contribution in [0.4, 0.5) is 0 Å². The molecule has 0 aromatic heterocycles. The van der Waals surface area contributed by atoms with Gasteiger partial charge in [0.2, 0.25) is 0 Å². The minimum absolute atomic E-state index is 0.0370. The first kappa shape index (κ1) is 16.8. The number of hydrogen-bond acceptors (Lipinski definition) is 5. The number of thioether (sulfide) groups is 1. The SMILES string of the molecule is CCS(=O)(=O)C1CSCCN1CC(N)Cc1ccccc1. The van der Waals surface area contributed by atoms with Crippen LogP contribution in [0, 0.1) is 0 Å². The minimum atomic E-state index is -3.04. The molecule has 1 aliphatic heterocycles. The summed E-state index contributed by atoms with van der Waals surface area (Å²) in [5, 5.41) is -0.372. The fourth-order valence-electron chi connectivity index (χ4n) is 2.63. The van der Waals surface area contributed by atoms with Gasteiger partial charge in [-0.2, -0.15) is 11.8 Å². The smallest absolute Gasteiger partial charge is 0.166 e. The van der Waals surface area contributed by atoms with Gasteiger partial charge in [0.15, 0.2) is 9.84 Å². The molecule has 0 spiro atoms. The maximum absolute atomic E-state index is 12.2. The van der Waals surface area contributed by atoms with E-state index in [-0.39, 0.29) is 17.2 Å². The van der Waals surface area contributed by atoms with Crippen molar-refractivity contribution in [1.29, 1.82) is 0 Å². The Morgan fingerprint density at radius 3 is 2.76 bits per heavy atom. The standard InChI is InChI=1S/C15H24N2O2S2/c1-2-21(18,19)15-12-20-9-8-17(15)11-14(16)10-13-6-4-3-5-7-13/h3-7,14-15H,2,8-12,16H2,1H3. The number of nitrogens with zero attached hydrogens (tertiary/aromatic N) is 1. The average molecular weight is 329 g/mol. The average Bonchev–Trinajstić information content (AvgIpc) is 2.48. The highest BCUT2D eigenvalue weighted by Crippen LogP contribution is 2.21. The lowest BCUT2D eigenvalue weighted by atomic mass is 10.1. The van der Waals surface area contributed by atoms with Gasteiger partial charge >= 0.3 is 0 Å². The topological polar surface area (TPSA) is 63.4 Å². The summed E-state index contributed by atoms with van der Waals surface area (Å²) in [7, 11) is -3.04. The van der Waals surface area contributed by atoms with Crippen molar-refractivity contribution in [2.24, 2.45) is 5.73 Å². The molecule has 0 aliphatic carbocycles. The molecule has 1 fully saturated rings. The van der Waals surface area contributed by atoms with Crippen molar-refractivity contribution in [2.75, 3.05) is 30.3 Å². The minimum Gasteiger partial charge on any atom is -0.326 e. The van der Waals surface area contributed by atoms with E-state index in [1.54, 1.807) is 18.7 Å². The van der Waals surface area contributed by atoms with Crippen LogP contribution in [-0.2, 0) is 16.3 Å². The highest BCUT2D eigenvalue weighted by Gasteiger charge is 2.33. The lowest BCUT2D eigenvalue weighted by molar-refractivity contribution is 0.252. The molecule has 21 heavy (non-hydrogen) atoms. The molecular formula is C15H24N2O2S2. The Balaban J connectivity index is 1.99. The predicted octanol–water partition coefficient (Wildman–Crippen LogP) is 1.37. The van der Waals surface area contributed by atoms with E-state index in [0.29, 0.717) is 12.3 Å². The van der Waals surface area contributed by atoms with Crippen LogP contribution in [0.5, 0.6) is 0 Å². The molecule has 4 nitrogen and oxygen atoms in total. The molecule has 2 rings (SSSR count). The van der Waals surface area contributed by atoms with Crippen molar-refractivity contribution in [3.63, 3.8) is 0 Å². The summed E-state index contributed by atoms with van der Waals surface area (Å²) >= 11 is 1.72. The van der Waals surface area contributed by atoms with E-state index in [2.05, 4.69) is 17.0 Å². The summed E-state index contributed by atoms with van der Waals surface area (Å²) in [5.74, 6) is 1.84. The number of sulfone groups is 1. The molecule has 1 aliphatic rings. The van der Waals surface area contributed by atoms with Crippen molar-refractivity contribution < 1.29 is 8.42 Å².